The molecular formula is C24H33N5O2S. The van der Waals surface area contributed by atoms with Gasteiger partial charge in [-0.25, -0.2) is 0 Å². The van der Waals surface area contributed by atoms with Crippen LogP contribution in [-0.2, 0) is 29.0 Å². The highest BCUT2D eigenvalue weighted by Crippen LogP contribution is 2.28. The normalized spacial score (nSPS) is 21.7. The van der Waals surface area contributed by atoms with Crippen LogP contribution in [0.25, 0.3) is 0 Å². The Morgan fingerprint density at radius 3 is 2.72 bits per heavy atom. The molecule has 5 rings (SSSR count). The van der Waals surface area contributed by atoms with Gasteiger partial charge in [-0.05, 0) is 49.1 Å². The third-order valence-corrected chi connectivity index (χ3v) is 7.93. The number of carbonyl (C=O) groups excluding carboxylic acids is 1. The number of anilines is 1. The van der Waals surface area contributed by atoms with Gasteiger partial charge in [-0.3, -0.25) is 9.36 Å². The minimum absolute atomic E-state index is 0.171. The zero-order valence-corrected chi connectivity index (χ0v) is 19.7. The van der Waals surface area contributed by atoms with Crippen LogP contribution in [0.4, 0.5) is 5.95 Å². The van der Waals surface area contributed by atoms with E-state index in [4.69, 9.17) is 4.74 Å². The lowest BCUT2D eigenvalue weighted by Crippen LogP contribution is -2.37. The zero-order chi connectivity index (χ0) is 21.9. The van der Waals surface area contributed by atoms with Crippen molar-refractivity contribution in [2.45, 2.75) is 63.4 Å². The van der Waals surface area contributed by atoms with Crippen molar-refractivity contribution in [2.24, 2.45) is 5.92 Å². The molecule has 0 bridgehead atoms. The molecule has 2 saturated heterocycles. The predicted molar refractivity (Wildman–Crippen MR) is 126 cm³/mol. The molecule has 1 aromatic heterocycles. The highest BCUT2D eigenvalue weighted by molar-refractivity contribution is 7.99. The van der Waals surface area contributed by atoms with Crippen molar-refractivity contribution >= 4 is 23.6 Å². The molecule has 2 aromatic rings. The molecule has 0 aliphatic carbocycles. The van der Waals surface area contributed by atoms with E-state index in [9.17, 15) is 4.79 Å². The smallest absolute Gasteiger partial charge is 0.233 e. The quantitative estimate of drug-likeness (QED) is 0.623. The molecule has 4 heterocycles. The number of benzene rings is 1. The standard InChI is InChI=1S/C24H33N5O2S/c1-18-8-11-27(12-9-18)23-25-26-24(29(23)16-21-7-4-14-31-21)32-17-22(30)28-13-10-19-5-2-3-6-20(19)15-28/h2-3,5-6,18,21H,4,7-17H2,1H3. The van der Waals surface area contributed by atoms with E-state index in [1.807, 2.05) is 4.90 Å². The van der Waals surface area contributed by atoms with Crippen LogP contribution in [0, 0.1) is 5.92 Å². The molecule has 2 fully saturated rings. The number of amides is 1. The van der Waals surface area contributed by atoms with Crippen LogP contribution in [0.1, 0.15) is 43.7 Å². The van der Waals surface area contributed by atoms with Gasteiger partial charge in [-0.1, -0.05) is 43.0 Å². The summed E-state index contributed by atoms with van der Waals surface area (Å²) >= 11 is 1.51. The summed E-state index contributed by atoms with van der Waals surface area (Å²) in [6.07, 6.45) is 5.70. The average molecular weight is 456 g/mol. The van der Waals surface area contributed by atoms with E-state index in [-0.39, 0.29) is 12.0 Å². The van der Waals surface area contributed by atoms with Crippen molar-refractivity contribution in [3.63, 3.8) is 0 Å². The second kappa shape index (κ2) is 9.83. The minimum Gasteiger partial charge on any atom is -0.376 e. The lowest BCUT2D eigenvalue weighted by atomic mass is 10.00. The molecule has 1 amide bonds. The monoisotopic (exact) mass is 455 g/mol. The van der Waals surface area contributed by atoms with Gasteiger partial charge >= 0.3 is 0 Å². The van der Waals surface area contributed by atoms with Crippen LogP contribution in [0.2, 0.25) is 0 Å². The Labute approximate surface area is 194 Å². The molecule has 0 N–H and O–H groups in total. The summed E-state index contributed by atoms with van der Waals surface area (Å²) in [7, 11) is 0. The summed E-state index contributed by atoms with van der Waals surface area (Å²) in [5.41, 5.74) is 2.63. The first-order valence-electron chi connectivity index (χ1n) is 11.9. The second-order valence-corrected chi connectivity index (χ2v) is 10.3. The van der Waals surface area contributed by atoms with E-state index >= 15 is 0 Å². The summed E-state index contributed by atoms with van der Waals surface area (Å²) in [5, 5.41) is 9.91. The van der Waals surface area contributed by atoms with Gasteiger partial charge in [-0.15, -0.1) is 10.2 Å². The fourth-order valence-corrected chi connectivity index (χ4v) is 5.75. The zero-order valence-electron chi connectivity index (χ0n) is 18.9. The number of thioether (sulfide) groups is 1. The number of aromatic nitrogens is 3. The first kappa shape index (κ1) is 21.8. The molecule has 1 aromatic carbocycles. The lowest BCUT2D eigenvalue weighted by Gasteiger charge is -2.31. The van der Waals surface area contributed by atoms with E-state index in [1.165, 1.54) is 35.7 Å². The molecule has 3 aliphatic heterocycles. The summed E-state index contributed by atoms with van der Waals surface area (Å²) in [6.45, 7) is 7.44. The van der Waals surface area contributed by atoms with Crippen LogP contribution in [0.5, 0.6) is 0 Å². The Hall–Kier alpha value is -2.06. The lowest BCUT2D eigenvalue weighted by molar-refractivity contribution is -0.129. The van der Waals surface area contributed by atoms with Crippen molar-refractivity contribution in [2.75, 3.05) is 36.9 Å². The number of fused-ring (bicyclic) bond motifs is 1. The average Bonchev–Trinajstić information content (AvgIpc) is 3.48. The number of hydrogen-bond donors (Lipinski definition) is 0. The van der Waals surface area contributed by atoms with Gasteiger partial charge < -0.3 is 14.5 Å². The van der Waals surface area contributed by atoms with Gasteiger partial charge in [0, 0.05) is 32.8 Å². The summed E-state index contributed by atoms with van der Waals surface area (Å²) in [5.74, 6) is 2.27. The van der Waals surface area contributed by atoms with Crippen LogP contribution < -0.4 is 4.90 Å². The molecule has 32 heavy (non-hydrogen) atoms. The van der Waals surface area contributed by atoms with Crippen LogP contribution in [-0.4, -0.2) is 63.7 Å². The summed E-state index contributed by atoms with van der Waals surface area (Å²) < 4.78 is 8.12. The topological polar surface area (TPSA) is 63.5 Å². The van der Waals surface area contributed by atoms with Gasteiger partial charge in [0.1, 0.15) is 0 Å². The van der Waals surface area contributed by atoms with E-state index in [1.54, 1.807) is 0 Å². The van der Waals surface area contributed by atoms with Crippen LogP contribution in [0.3, 0.4) is 0 Å². The third kappa shape index (κ3) is 4.81. The van der Waals surface area contributed by atoms with Crippen molar-refractivity contribution < 1.29 is 9.53 Å². The summed E-state index contributed by atoms with van der Waals surface area (Å²) in [4.78, 5) is 17.3. The number of piperidine rings is 1. The Bertz CT molecular complexity index is 934. The number of carbonyl (C=O) groups is 1. The largest absolute Gasteiger partial charge is 0.376 e. The van der Waals surface area contributed by atoms with Crippen molar-refractivity contribution in [1.29, 1.82) is 0 Å². The third-order valence-electron chi connectivity index (χ3n) is 6.98. The van der Waals surface area contributed by atoms with Gasteiger partial charge in [0.2, 0.25) is 11.9 Å². The maximum atomic E-state index is 13.0. The van der Waals surface area contributed by atoms with Crippen LogP contribution in [0.15, 0.2) is 29.4 Å². The maximum Gasteiger partial charge on any atom is 0.233 e. The minimum atomic E-state index is 0.171. The number of nitrogens with zero attached hydrogens (tertiary/aromatic N) is 5. The Kier molecular flexibility index (Phi) is 6.69. The Balaban J connectivity index is 1.27. The molecule has 0 spiro atoms. The second-order valence-electron chi connectivity index (χ2n) is 9.32. The van der Waals surface area contributed by atoms with E-state index in [2.05, 4.69) is 50.9 Å². The molecular weight excluding hydrogens is 422 g/mol. The maximum absolute atomic E-state index is 13.0. The van der Waals surface area contributed by atoms with Gasteiger partial charge in [0.25, 0.3) is 0 Å². The molecule has 1 atom stereocenters. The molecule has 8 heteroatoms. The van der Waals surface area contributed by atoms with Gasteiger partial charge in [-0.2, -0.15) is 0 Å². The Morgan fingerprint density at radius 2 is 1.94 bits per heavy atom. The molecule has 1 unspecified atom stereocenters. The van der Waals surface area contributed by atoms with Crippen molar-refractivity contribution in [1.82, 2.24) is 19.7 Å². The van der Waals surface area contributed by atoms with Crippen molar-refractivity contribution in [3.05, 3.63) is 35.4 Å². The fraction of sp³-hybridized carbons (Fsp3) is 0.625. The molecule has 0 saturated carbocycles. The Morgan fingerprint density at radius 1 is 1.12 bits per heavy atom. The SMILES string of the molecule is CC1CCN(c2nnc(SCC(=O)N3CCc4ccccc4C3)n2CC2CCCO2)CC1. The molecule has 7 nitrogen and oxygen atoms in total. The van der Waals surface area contributed by atoms with Crippen molar-refractivity contribution in [3.8, 4) is 0 Å². The molecule has 3 aliphatic rings. The predicted octanol–water partition coefficient (Wildman–Crippen LogP) is 3.37. The van der Waals surface area contributed by atoms with E-state index < -0.39 is 0 Å². The highest BCUT2D eigenvalue weighted by Gasteiger charge is 2.27. The number of rotatable bonds is 6. The molecule has 172 valence electrons. The number of hydrogen-bond acceptors (Lipinski definition) is 6. The van der Waals surface area contributed by atoms with Gasteiger partial charge in [0.15, 0.2) is 5.16 Å². The number of ether oxygens (including phenoxy) is 1. The molecule has 0 radical (unpaired) electrons. The first-order chi connectivity index (χ1) is 15.7. The van der Waals surface area contributed by atoms with Gasteiger partial charge in [0.05, 0.1) is 18.4 Å². The van der Waals surface area contributed by atoms with E-state index in [0.717, 1.165) is 69.1 Å². The summed E-state index contributed by atoms with van der Waals surface area (Å²) in [6, 6.07) is 8.43. The fourth-order valence-electron chi connectivity index (χ4n) is 4.91. The van der Waals surface area contributed by atoms with Crippen LogP contribution >= 0.6 is 11.8 Å². The first-order valence-corrected chi connectivity index (χ1v) is 12.9. The highest BCUT2D eigenvalue weighted by atomic mass is 32.2. The van der Waals surface area contributed by atoms with E-state index in [0.29, 0.717) is 12.3 Å².